The van der Waals surface area contributed by atoms with Crippen LogP contribution in [-0.4, -0.2) is 38.4 Å². The van der Waals surface area contributed by atoms with Crippen LogP contribution >= 0.6 is 0 Å². The van der Waals surface area contributed by atoms with Crippen molar-refractivity contribution in [1.82, 2.24) is 10.2 Å². The summed E-state index contributed by atoms with van der Waals surface area (Å²) >= 11 is 0. The standard InChI is InChI=1S/C17H26N2O2/c1-12(2)14-6-7-19(9-14)10-15(18-3)13-4-5-16-17(8-13)21-11-20-16/h4-5,8,12,14-15,18H,6-7,9-11H2,1-3H3. The van der Waals surface area contributed by atoms with Gasteiger partial charge in [0.05, 0.1) is 0 Å². The average Bonchev–Trinajstić information content (AvgIpc) is 3.12. The molecule has 0 aliphatic carbocycles. The first-order valence-corrected chi connectivity index (χ1v) is 7.96. The van der Waals surface area contributed by atoms with Crippen LogP contribution in [0.4, 0.5) is 0 Å². The zero-order valence-corrected chi connectivity index (χ0v) is 13.3. The van der Waals surface area contributed by atoms with Crippen LogP contribution in [0.15, 0.2) is 18.2 Å². The molecule has 21 heavy (non-hydrogen) atoms. The first-order chi connectivity index (χ1) is 10.2. The predicted octanol–water partition coefficient (Wildman–Crippen LogP) is 2.65. The van der Waals surface area contributed by atoms with Gasteiger partial charge >= 0.3 is 0 Å². The molecule has 1 fully saturated rings. The van der Waals surface area contributed by atoms with Gasteiger partial charge in [-0.1, -0.05) is 19.9 Å². The van der Waals surface area contributed by atoms with Gasteiger partial charge < -0.3 is 19.7 Å². The molecule has 0 aromatic heterocycles. The van der Waals surface area contributed by atoms with Gasteiger partial charge in [-0.15, -0.1) is 0 Å². The molecule has 0 spiro atoms. The van der Waals surface area contributed by atoms with E-state index in [1.54, 1.807) is 0 Å². The Morgan fingerprint density at radius 3 is 2.81 bits per heavy atom. The van der Waals surface area contributed by atoms with E-state index in [-0.39, 0.29) is 0 Å². The van der Waals surface area contributed by atoms with Crippen molar-refractivity contribution in [3.05, 3.63) is 23.8 Å². The monoisotopic (exact) mass is 290 g/mol. The molecule has 1 aromatic rings. The van der Waals surface area contributed by atoms with Gasteiger partial charge in [-0.05, 0) is 49.5 Å². The smallest absolute Gasteiger partial charge is 0.231 e. The summed E-state index contributed by atoms with van der Waals surface area (Å²) in [7, 11) is 2.03. The van der Waals surface area contributed by atoms with Crippen molar-refractivity contribution in [3.63, 3.8) is 0 Å². The van der Waals surface area contributed by atoms with Crippen LogP contribution in [0.25, 0.3) is 0 Å². The Hall–Kier alpha value is -1.26. The molecule has 116 valence electrons. The summed E-state index contributed by atoms with van der Waals surface area (Å²) in [5, 5.41) is 3.44. The van der Waals surface area contributed by atoms with Gasteiger partial charge in [-0.3, -0.25) is 0 Å². The zero-order valence-electron chi connectivity index (χ0n) is 13.3. The number of benzene rings is 1. The van der Waals surface area contributed by atoms with Crippen LogP contribution in [0, 0.1) is 11.8 Å². The molecule has 0 amide bonds. The first-order valence-electron chi connectivity index (χ1n) is 7.96. The van der Waals surface area contributed by atoms with Crippen molar-refractivity contribution in [3.8, 4) is 11.5 Å². The highest BCUT2D eigenvalue weighted by atomic mass is 16.7. The third-order valence-electron chi connectivity index (χ3n) is 4.84. The third-order valence-corrected chi connectivity index (χ3v) is 4.84. The van der Waals surface area contributed by atoms with E-state index >= 15 is 0 Å². The number of likely N-dealkylation sites (tertiary alicyclic amines) is 1. The number of ether oxygens (including phenoxy) is 2. The Bertz CT molecular complexity index is 490. The molecule has 1 aromatic carbocycles. The summed E-state index contributed by atoms with van der Waals surface area (Å²) in [4.78, 5) is 2.58. The molecule has 1 N–H and O–H groups in total. The summed E-state index contributed by atoms with van der Waals surface area (Å²) in [5.74, 6) is 3.36. The minimum Gasteiger partial charge on any atom is -0.454 e. The van der Waals surface area contributed by atoms with Crippen molar-refractivity contribution in [2.75, 3.05) is 33.5 Å². The van der Waals surface area contributed by atoms with Crippen LogP contribution in [0.3, 0.4) is 0 Å². The van der Waals surface area contributed by atoms with Gasteiger partial charge in [0.15, 0.2) is 11.5 Å². The van der Waals surface area contributed by atoms with Crippen molar-refractivity contribution in [2.24, 2.45) is 11.8 Å². The maximum atomic E-state index is 5.49. The van der Waals surface area contributed by atoms with Crippen molar-refractivity contribution >= 4 is 0 Å². The Morgan fingerprint density at radius 1 is 1.29 bits per heavy atom. The van der Waals surface area contributed by atoms with Crippen molar-refractivity contribution in [1.29, 1.82) is 0 Å². The summed E-state index contributed by atoms with van der Waals surface area (Å²) in [6.45, 7) is 8.50. The quantitative estimate of drug-likeness (QED) is 0.904. The van der Waals surface area contributed by atoms with E-state index in [1.807, 2.05) is 13.1 Å². The molecule has 2 aliphatic rings. The number of likely N-dealkylation sites (N-methyl/N-ethyl adjacent to an activating group) is 1. The highest BCUT2D eigenvalue weighted by molar-refractivity contribution is 5.45. The Morgan fingerprint density at radius 2 is 2.10 bits per heavy atom. The lowest BCUT2D eigenvalue weighted by Gasteiger charge is -2.24. The van der Waals surface area contributed by atoms with Gasteiger partial charge in [0.25, 0.3) is 0 Å². The normalized spacial score (nSPS) is 23.0. The molecule has 0 saturated carbocycles. The number of hydrogen-bond acceptors (Lipinski definition) is 4. The average molecular weight is 290 g/mol. The van der Waals surface area contributed by atoms with Crippen LogP contribution in [-0.2, 0) is 0 Å². The lowest BCUT2D eigenvalue weighted by atomic mass is 9.95. The fourth-order valence-corrected chi connectivity index (χ4v) is 3.32. The van der Waals surface area contributed by atoms with Crippen LogP contribution in [0.1, 0.15) is 31.9 Å². The highest BCUT2D eigenvalue weighted by Crippen LogP contribution is 2.34. The fraction of sp³-hybridized carbons (Fsp3) is 0.647. The van der Waals surface area contributed by atoms with E-state index in [2.05, 4.69) is 36.2 Å². The molecular weight excluding hydrogens is 264 g/mol. The van der Waals surface area contributed by atoms with Crippen LogP contribution in [0.2, 0.25) is 0 Å². The molecule has 0 bridgehead atoms. The van der Waals surface area contributed by atoms with Gasteiger partial charge in [0.2, 0.25) is 6.79 Å². The molecule has 2 unspecified atom stereocenters. The highest BCUT2D eigenvalue weighted by Gasteiger charge is 2.27. The Balaban J connectivity index is 1.65. The summed E-state index contributed by atoms with van der Waals surface area (Å²) in [6, 6.07) is 6.61. The molecule has 3 rings (SSSR count). The van der Waals surface area contributed by atoms with Gasteiger partial charge in [0, 0.05) is 19.1 Å². The number of hydrogen-bond donors (Lipinski definition) is 1. The summed E-state index contributed by atoms with van der Waals surface area (Å²) < 4.78 is 10.9. The molecule has 2 atom stereocenters. The number of nitrogens with zero attached hydrogens (tertiary/aromatic N) is 1. The van der Waals surface area contributed by atoms with E-state index in [0.717, 1.165) is 29.9 Å². The largest absolute Gasteiger partial charge is 0.454 e. The predicted molar refractivity (Wildman–Crippen MR) is 83.8 cm³/mol. The van der Waals surface area contributed by atoms with Gasteiger partial charge in [-0.25, -0.2) is 0 Å². The molecule has 2 aliphatic heterocycles. The number of rotatable bonds is 5. The molecule has 2 heterocycles. The number of fused-ring (bicyclic) bond motifs is 1. The fourth-order valence-electron chi connectivity index (χ4n) is 3.32. The van der Waals surface area contributed by atoms with Crippen molar-refractivity contribution in [2.45, 2.75) is 26.3 Å². The molecule has 4 nitrogen and oxygen atoms in total. The van der Waals surface area contributed by atoms with E-state index in [4.69, 9.17) is 9.47 Å². The van der Waals surface area contributed by atoms with Gasteiger partial charge in [0.1, 0.15) is 0 Å². The molecular formula is C17H26N2O2. The zero-order chi connectivity index (χ0) is 14.8. The summed E-state index contributed by atoms with van der Waals surface area (Å²) in [5.41, 5.74) is 1.27. The third kappa shape index (κ3) is 3.16. The summed E-state index contributed by atoms with van der Waals surface area (Å²) in [6.07, 6.45) is 1.33. The van der Waals surface area contributed by atoms with Crippen LogP contribution in [0.5, 0.6) is 11.5 Å². The van der Waals surface area contributed by atoms with Crippen molar-refractivity contribution < 1.29 is 9.47 Å². The maximum absolute atomic E-state index is 5.49. The Kier molecular flexibility index (Phi) is 4.36. The lowest BCUT2D eigenvalue weighted by Crippen LogP contribution is -2.32. The minimum atomic E-state index is 0.338. The lowest BCUT2D eigenvalue weighted by molar-refractivity contribution is 0.174. The van der Waals surface area contributed by atoms with E-state index < -0.39 is 0 Å². The van der Waals surface area contributed by atoms with E-state index in [1.165, 1.54) is 25.1 Å². The van der Waals surface area contributed by atoms with Gasteiger partial charge in [-0.2, -0.15) is 0 Å². The SMILES string of the molecule is CNC(CN1CCC(C(C)C)C1)c1ccc2c(c1)OCO2. The molecule has 0 radical (unpaired) electrons. The second-order valence-electron chi connectivity index (χ2n) is 6.51. The Labute approximate surface area is 127 Å². The van der Waals surface area contributed by atoms with E-state index in [9.17, 15) is 0 Å². The van der Waals surface area contributed by atoms with Crippen LogP contribution < -0.4 is 14.8 Å². The molecule has 1 saturated heterocycles. The number of nitrogens with one attached hydrogen (secondary N) is 1. The maximum Gasteiger partial charge on any atom is 0.231 e. The molecule has 4 heteroatoms. The second kappa shape index (κ2) is 6.24. The topological polar surface area (TPSA) is 33.7 Å². The minimum absolute atomic E-state index is 0.338. The first kappa shape index (κ1) is 14.7. The second-order valence-corrected chi connectivity index (χ2v) is 6.51. The van der Waals surface area contributed by atoms with E-state index in [0.29, 0.717) is 12.8 Å².